The molecular formula is C28H26FN9O2. The number of fused-ring (bicyclic) bond motifs is 1. The van der Waals surface area contributed by atoms with E-state index >= 15 is 4.39 Å². The summed E-state index contributed by atoms with van der Waals surface area (Å²) in [5.74, 6) is -0.0872. The molecule has 1 fully saturated rings. The molecular weight excluding hydrogens is 513 g/mol. The molecule has 0 unspecified atom stereocenters. The molecule has 2 N–H and O–H groups in total. The van der Waals surface area contributed by atoms with Crippen molar-refractivity contribution >= 4 is 17.2 Å². The number of hydrogen-bond acceptors (Lipinski definition) is 8. The molecule has 0 radical (unpaired) electrons. The number of amides is 1. The maximum absolute atomic E-state index is 15.3. The normalized spacial score (nSPS) is 14.0. The second-order valence-electron chi connectivity index (χ2n) is 9.54. The number of anilines is 1. The van der Waals surface area contributed by atoms with Gasteiger partial charge in [-0.25, -0.2) is 14.4 Å². The summed E-state index contributed by atoms with van der Waals surface area (Å²) in [5, 5.41) is 13.5. The van der Waals surface area contributed by atoms with Crippen LogP contribution in [0.25, 0.3) is 27.9 Å². The van der Waals surface area contributed by atoms with E-state index in [1.165, 1.54) is 23.1 Å². The number of nitrogen functional groups attached to an aromatic ring is 1. The van der Waals surface area contributed by atoms with Crippen LogP contribution in [0.4, 0.5) is 10.2 Å². The number of aryl methyl sites for hydroxylation is 1. The Hall–Kier alpha value is -5.13. The molecule has 0 aliphatic carbocycles. The van der Waals surface area contributed by atoms with Crippen LogP contribution in [0, 0.1) is 12.7 Å². The van der Waals surface area contributed by atoms with Gasteiger partial charge in [-0.1, -0.05) is 18.7 Å². The lowest BCUT2D eigenvalue weighted by Gasteiger charge is -2.31. The van der Waals surface area contributed by atoms with Crippen molar-refractivity contribution in [3.63, 3.8) is 0 Å². The fourth-order valence-electron chi connectivity index (χ4n) is 4.96. The van der Waals surface area contributed by atoms with E-state index in [-0.39, 0.29) is 23.5 Å². The number of likely N-dealkylation sites (tertiary alicyclic amines) is 1. The fraction of sp³-hybridized carbons (Fsp3) is 0.214. The maximum atomic E-state index is 15.3. The van der Waals surface area contributed by atoms with E-state index in [9.17, 15) is 4.79 Å². The van der Waals surface area contributed by atoms with Gasteiger partial charge in [0.25, 0.3) is 0 Å². The Labute approximate surface area is 228 Å². The van der Waals surface area contributed by atoms with Crippen LogP contribution < -0.4 is 10.5 Å². The third-order valence-electron chi connectivity index (χ3n) is 6.97. The number of carbonyl (C=O) groups excluding carboxylic acids is 1. The second kappa shape index (κ2) is 10.2. The van der Waals surface area contributed by atoms with Crippen LogP contribution in [0.15, 0.2) is 67.8 Å². The highest BCUT2D eigenvalue weighted by atomic mass is 19.1. The molecule has 0 atom stereocenters. The molecule has 1 aliphatic heterocycles. The zero-order valence-corrected chi connectivity index (χ0v) is 21.7. The average Bonchev–Trinajstić information content (AvgIpc) is 3.60. The second-order valence-corrected chi connectivity index (χ2v) is 9.54. The molecule has 202 valence electrons. The number of halogens is 1. The highest BCUT2D eigenvalue weighted by molar-refractivity contribution is 5.96. The molecule has 5 aromatic rings. The van der Waals surface area contributed by atoms with Gasteiger partial charge in [-0.15, -0.1) is 14.8 Å². The summed E-state index contributed by atoms with van der Waals surface area (Å²) in [7, 11) is 0. The van der Waals surface area contributed by atoms with Crippen LogP contribution in [0.1, 0.15) is 24.6 Å². The third-order valence-corrected chi connectivity index (χ3v) is 6.97. The number of nitrogens with zero attached hydrogens (tertiary/aromatic N) is 8. The van der Waals surface area contributed by atoms with E-state index < -0.39 is 5.82 Å². The Morgan fingerprint density at radius 3 is 2.75 bits per heavy atom. The highest BCUT2D eigenvalue weighted by Gasteiger charge is 2.26. The molecule has 6 rings (SSSR count). The summed E-state index contributed by atoms with van der Waals surface area (Å²) >= 11 is 0. The highest BCUT2D eigenvalue weighted by Crippen LogP contribution is 2.39. The quantitative estimate of drug-likeness (QED) is 0.318. The summed E-state index contributed by atoms with van der Waals surface area (Å²) in [6.45, 7) is 6.66. The smallest absolute Gasteiger partial charge is 0.245 e. The van der Waals surface area contributed by atoms with Crippen molar-refractivity contribution in [2.24, 2.45) is 0 Å². The van der Waals surface area contributed by atoms with E-state index in [4.69, 9.17) is 10.5 Å². The minimum atomic E-state index is -0.571. The van der Waals surface area contributed by atoms with Gasteiger partial charge in [0.2, 0.25) is 11.8 Å². The summed E-state index contributed by atoms with van der Waals surface area (Å²) in [6, 6.07) is 10.1. The molecule has 11 nitrogen and oxygen atoms in total. The number of carbonyl (C=O) groups is 1. The lowest BCUT2D eigenvalue weighted by Crippen LogP contribution is -2.38. The predicted octanol–water partition coefficient (Wildman–Crippen LogP) is 4.22. The Balaban J connectivity index is 1.35. The molecule has 0 spiro atoms. The molecule has 1 aromatic carbocycles. The summed E-state index contributed by atoms with van der Waals surface area (Å²) in [4.78, 5) is 22.1. The van der Waals surface area contributed by atoms with E-state index in [0.29, 0.717) is 46.9 Å². The van der Waals surface area contributed by atoms with Crippen LogP contribution in [0.2, 0.25) is 0 Å². The number of piperidine rings is 1. The van der Waals surface area contributed by atoms with Crippen molar-refractivity contribution in [3.05, 3.63) is 79.3 Å². The first-order valence-corrected chi connectivity index (χ1v) is 12.8. The van der Waals surface area contributed by atoms with Gasteiger partial charge in [0.15, 0.2) is 17.4 Å². The van der Waals surface area contributed by atoms with Gasteiger partial charge in [-0.05, 0) is 49.6 Å². The minimum absolute atomic E-state index is 0.0400. The van der Waals surface area contributed by atoms with Gasteiger partial charge in [0.05, 0.1) is 12.2 Å². The first-order valence-electron chi connectivity index (χ1n) is 12.8. The van der Waals surface area contributed by atoms with Crippen LogP contribution in [-0.4, -0.2) is 58.5 Å². The van der Waals surface area contributed by atoms with E-state index in [1.54, 1.807) is 35.4 Å². The third kappa shape index (κ3) is 4.64. The number of rotatable bonds is 6. The number of ether oxygens (including phenoxy) is 1. The molecule has 12 heteroatoms. The largest absolute Gasteiger partial charge is 0.436 e. The Kier molecular flexibility index (Phi) is 6.42. The fourth-order valence-corrected chi connectivity index (χ4v) is 4.96. The lowest BCUT2D eigenvalue weighted by atomic mass is 10.0. The SMILES string of the molecule is C=CC(=O)N1CCC(n2cc(-c3nn4ncnc(N)c4c3-c3ccc(Oc4cccc(C)n4)c(F)c3)cn2)CC1. The van der Waals surface area contributed by atoms with Crippen LogP contribution >= 0.6 is 0 Å². The van der Waals surface area contributed by atoms with Crippen molar-refractivity contribution < 1.29 is 13.9 Å². The summed E-state index contributed by atoms with van der Waals surface area (Å²) < 4.78 is 24.3. The van der Waals surface area contributed by atoms with Crippen LogP contribution in [-0.2, 0) is 4.79 Å². The Morgan fingerprint density at radius 1 is 1.18 bits per heavy atom. The zero-order valence-electron chi connectivity index (χ0n) is 21.7. The predicted molar refractivity (Wildman–Crippen MR) is 146 cm³/mol. The number of benzene rings is 1. The van der Waals surface area contributed by atoms with E-state index in [2.05, 4.69) is 31.8 Å². The standard InChI is InChI=1S/C28H26FN9O2/c1-3-24(39)36-11-9-20(10-12-36)37-15-19(14-32-37)26-25(27-28(30)31-16-33-38(27)35-26)18-7-8-22(21(29)13-18)40-23-6-4-5-17(2)34-23/h3-8,13-16,20H,1,9-12H2,2H3,(H2,30,31,33). The van der Waals surface area contributed by atoms with Crippen molar-refractivity contribution in [1.82, 2.24) is 39.5 Å². The Morgan fingerprint density at radius 2 is 2.00 bits per heavy atom. The zero-order chi connectivity index (χ0) is 27.8. The molecule has 5 heterocycles. The topological polar surface area (TPSA) is 129 Å². The molecule has 1 aliphatic rings. The van der Waals surface area contributed by atoms with Gasteiger partial charge in [0.1, 0.15) is 17.5 Å². The van der Waals surface area contributed by atoms with Gasteiger partial charge >= 0.3 is 0 Å². The number of pyridine rings is 1. The van der Waals surface area contributed by atoms with Crippen molar-refractivity contribution in [1.29, 1.82) is 0 Å². The maximum Gasteiger partial charge on any atom is 0.245 e. The molecule has 0 bridgehead atoms. The first-order chi connectivity index (χ1) is 19.4. The number of hydrogen-bond donors (Lipinski definition) is 1. The van der Waals surface area contributed by atoms with Gasteiger partial charge < -0.3 is 15.4 Å². The number of nitrogens with two attached hydrogens (primary N) is 1. The first kappa shape index (κ1) is 25.2. The van der Waals surface area contributed by atoms with Gasteiger partial charge in [0, 0.05) is 42.2 Å². The van der Waals surface area contributed by atoms with Crippen molar-refractivity contribution in [2.45, 2.75) is 25.8 Å². The van der Waals surface area contributed by atoms with E-state index in [1.807, 2.05) is 23.9 Å². The van der Waals surface area contributed by atoms with E-state index in [0.717, 1.165) is 18.5 Å². The lowest BCUT2D eigenvalue weighted by molar-refractivity contribution is -0.127. The monoisotopic (exact) mass is 539 g/mol. The molecule has 4 aromatic heterocycles. The molecule has 40 heavy (non-hydrogen) atoms. The van der Waals surface area contributed by atoms with Crippen molar-refractivity contribution in [2.75, 3.05) is 18.8 Å². The molecule has 0 saturated carbocycles. The van der Waals surface area contributed by atoms with Crippen LogP contribution in [0.3, 0.4) is 0 Å². The van der Waals surface area contributed by atoms with Gasteiger partial charge in [-0.2, -0.15) is 5.10 Å². The summed E-state index contributed by atoms with van der Waals surface area (Å²) in [5.41, 5.74) is 9.81. The van der Waals surface area contributed by atoms with Crippen LogP contribution in [0.5, 0.6) is 11.6 Å². The Bertz CT molecular complexity index is 1740. The summed E-state index contributed by atoms with van der Waals surface area (Å²) in [6.07, 6.45) is 7.80. The number of aromatic nitrogens is 7. The average molecular weight is 540 g/mol. The molecule has 1 saturated heterocycles. The minimum Gasteiger partial charge on any atom is -0.436 e. The molecule has 1 amide bonds. The van der Waals surface area contributed by atoms with Gasteiger partial charge in [-0.3, -0.25) is 9.48 Å². The van der Waals surface area contributed by atoms with Crippen molar-refractivity contribution in [3.8, 4) is 34.0 Å².